The van der Waals surface area contributed by atoms with Crippen LogP contribution < -0.4 is 10.6 Å². The van der Waals surface area contributed by atoms with Crippen molar-refractivity contribution in [3.8, 4) is 0 Å². The molecule has 0 radical (unpaired) electrons. The van der Waals surface area contributed by atoms with E-state index in [2.05, 4.69) is 40.4 Å². The maximum atomic E-state index is 12.1. The molecule has 18 heavy (non-hydrogen) atoms. The molecule has 1 fully saturated rings. The maximum absolute atomic E-state index is 12.1. The van der Waals surface area contributed by atoms with E-state index >= 15 is 0 Å². The molecule has 3 nitrogen and oxygen atoms in total. The summed E-state index contributed by atoms with van der Waals surface area (Å²) in [5.41, 5.74) is 0. The van der Waals surface area contributed by atoms with Crippen molar-refractivity contribution in [2.24, 2.45) is 5.92 Å². The first-order chi connectivity index (χ1) is 8.08. The van der Waals surface area contributed by atoms with Crippen molar-refractivity contribution < 1.29 is 4.79 Å². The van der Waals surface area contributed by atoms with E-state index in [4.69, 9.17) is 0 Å². The number of amides is 1. The Morgan fingerprint density at radius 3 is 2.78 bits per heavy atom. The third kappa shape index (κ3) is 3.70. The lowest BCUT2D eigenvalue weighted by Crippen LogP contribution is -2.55. The summed E-state index contributed by atoms with van der Waals surface area (Å²) in [7, 11) is 0. The molecule has 0 spiro atoms. The second-order valence-electron chi connectivity index (χ2n) is 4.61. The van der Waals surface area contributed by atoms with Crippen LogP contribution in [0.2, 0.25) is 0 Å². The molecule has 0 bridgehead atoms. The molecule has 0 saturated carbocycles. The van der Waals surface area contributed by atoms with Gasteiger partial charge in [-0.25, -0.2) is 0 Å². The summed E-state index contributed by atoms with van der Waals surface area (Å²) in [5.74, 6) is 0.562. The van der Waals surface area contributed by atoms with E-state index in [0.717, 1.165) is 21.6 Å². The topological polar surface area (TPSA) is 41.1 Å². The highest BCUT2D eigenvalue weighted by atomic mass is 79.9. The lowest BCUT2D eigenvalue weighted by molar-refractivity contribution is 0.0902. The van der Waals surface area contributed by atoms with Crippen LogP contribution in [0.1, 0.15) is 29.9 Å². The van der Waals surface area contributed by atoms with Crippen LogP contribution in [0.5, 0.6) is 0 Å². The van der Waals surface area contributed by atoms with Gasteiger partial charge in [0.05, 0.1) is 8.66 Å². The molecule has 2 rings (SSSR count). The van der Waals surface area contributed by atoms with E-state index in [1.165, 1.54) is 11.3 Å². The van der Waals surface area contributed by atoms with Gasteiger partial charge in [0.1, 0.15) is 0 Å². The number of thiophene rings is 1. The van der Waals surface area contributed by atoms with E-state index in [1.54, 1.807) is 0 Å². The number of rotatable bonds is 2. The Morgan fingerprint density at radius 1 is 1.50 bits per heavy atom. The number of halogens is 2. The number of piperidine rings is 1. The Labute approximate surface area is 126 Å². The van der Waals surface area contributed by atoms with E-state index in [9.17, 15) is 4.79 Å². The monoisotopic (exact) mass is 352 g/mol. The number of hydrogen-bond acceptors (Lipinski definition) is 3. The van der Waals surface area contributed by atoms with Crippen LogP contribution in [-0.4, -0.2) is 24.5 Å². The molecule has 2 N–H and O–H groups in total. The zero-order valence-corrected chi connectivity index (χ0v) is 13.6. The summed E-state index contributed by atoms with van der Waals surface area (Å²) in [6.45, 7) is 5.37. The van der Waals surface area contributed by atoms with Gasteiger partial charge in [0.25, 0.3) is 5.91 Å². The van der Waals surface area contributed by atoms with Crippen LogP contribution in [0, 0.1) is 5.92 Å². The van der Waals surface area contributed by atoms with E-state index in [0.29, 0.717) is 12.0 Å². The lowest BCUT2D eigenvalue weighted by Gasteiger charge is -2.35. The largest absolute Gasteiger partial charge is 0.347 e. The number of carbonyl (C=O) groups excluding carboxylic acids is 1. The average molecular weight is 354 g/mol. The van der Waals surface area contributed by atoms with Gasteiger partial charge in [0.2, 0.25) is 0 Å². The molecule has 0 aliphatic carbocycles. The predicted octanol–water partition coefficient (Wildman–Crippen LogP) is 3.05. The number of hydrogen-bond donors (Lipinski definition) is 2. The van der Waals surface area contributed by atoms with Crippen molar-refractivity contribution in [1.82, 2.24) is 10.6 Å². The molecule has 1 amide bonds. The highest BCUT2D eigenvalue weighted by Crippen LogP contribution is 2.23. The van der Waals surface area contributed by atoms with Gasteiger partial charge in [-0.1, -0.05) is 6.92 Å². The van der Waals surface area contributed by atoms with E-state index in [-0.39, 0.29) is 24.4 Å². The molecule has 0 aromatic carbocycles. The molecule has 1 aliphatic heterocycles. The molecule has 3 atom stereocenters. The molecule has 102 valence electrons. The summed E-state index contributed by atoms with van der Waals surface area (Å²) in [5, 5.41) is 6.54. The normalized spacial score (nSPS) is 27.4. The van der Waals surface area contributed by atoms with Crippen LogP contribution in [0.15, 0.2) is 15.9 Å². The minimum Gasteiger partial charge on any atom is -0.347 e. The van der Waals surface area contributed by atoms with Crippen LogP contribution in [0.4, 0.5) is 0 Å². The Balaban J connectivity index is 0.00000162. The van der Waals surface area contributed by atoms with Crippen molar-refractivity contribution in [2.45, 2.75) is 32.4 Å². The Hall–Kier alpha value is -0.100. The second kappa shape index (κ2) is 6.89. The molecule has 3 unspecified atom stereocenters. The van der Waals surface area contributed by atoms with E-state index in [1.807, 2.05) is 12.1 Å². The number of carbonyl (C=O) groups is 1. The molecule has 6 heteroatoms. The van der Waals surface area contributed by atoms with Crippen molar-refractivity contribution >= 4 is 45.6 Å². The summed E-state index contributed by atoms with van der Waals surface area (Å²) >= 11 is 4.85. The van der Waals surface area contributed by atoms with Gasteiger partial charge in [0, 0.05) is 12.1 Å². The van der Waals surface area contributed by atoms with Gasteiger partial charge < -0.3 is 10.6 Å². The molecule has 1 saturated heterocycles. The third-order valence-corrected chi connectivity index (χ3v) is 4.93. The molecule has 1 aliphatic rings. The van der Waals surface area contributed by atoms with Gasteiger partial charge in [-0.3, -0.25) is 4.79 Å². The molecule has 2 heterocycles. The fourth-order valence-corrected chi connectivity index (χ4v) is 3.55. The quantitative estimate of drug-likeness (QED) is 0.858. The molecular formula is C12H18BrClN2OS. The summed E-state index contributed by atoms with van der Waals surface area (Å²) in [6.07, 6.45) is 1.11. The van der Waals surface area contributed by atoms with Crippen LogP contribution in [0.3, 0.4) is 0 Å². The molecule has 1 aromatic heterocycles. The van der Waals surface area contributed by atoms with Crippen molar-refractivity contribution in [1.29, 1.82) is 0 Å². The fraction of sp³-hybridized carbons (Fsp3) is 0.583. The zero-order chi connectivity index (χ0) is 12.4. The van der Waals surface area contributed by atoms with Crippen molar-refractivity contribution in [3.63, 3.8) is 0 Å². The third-order valence-electron chi connectivity index (χ3n) is 3.31. The fourth-order valence-electron chi connectivity index (χ4n) is 2.26. The van der Waals surface area contributed by atoms with Gasteiger partial charge in [-0.05, 0) is 53.9 Å². The maximum Gasteiger partial charge on any atom is 0.261 e. The van der Waals surface area contributed by atoms with Crippen molar-refractivity contribution in [3.05, 3.63) is 20.8 Å². The first-order valence-corrected chi connectivity index (χ1v) is 7.48. The van der Waals surface area contributed by atoms with Crippen LogP contribution >= 0.6 is 39.7 Å². The second-order valence-corrected chi connectivity index (χ2v) is 7.07. The Morgan fingerprint density at radius 2 is 2.22 bits per heavy atom. The van der Waals surface area contributed by atoms with Gasteiger partial charge in [0.15, 0.2) is 0 Å². The Kier molecular flexibility index (Phi) is 6.11. The van der Waals surface area contributed by atoms with Crippen molar-refractivity contribution in [2.75, 3.05) is 6.54 Å². The average Bonchev–Trinajstić information content (AvgIpc) is 2.70. The SMILES string of the molecule is CC1CCNC(C)C1NC(=O)c1ccc(Br)s1.Cl. The minimum absolute atomic E-state index is 0. The van der Waals surface area contributed by atoms with Crippen LogP contribution in [-0.2, 0) is 0 Å². The van der Waals surface area contributed by atoms with Gasteiger partial charge in [-0.15, -0.1) is 23.7 Å². The summed E-state index contributed by atoms with van der Waals surface area (Å²) in [6, 6.07) is 4.32. The highest BCUT2D eigenvalue weighted by Gasteiger charge is 2.29. The first kappa shape index (κ1) is 16.0. The standard InChI is InChI=1S/C12H17BrN2OS.ClH/c1-7-5-6-14-8(2)11(7)15-12(16)9-3-4-10(13)17-9;/h3-4,7-8,11,14H,5-6H2,1-2H3,(H,15,16);1H. The predicted molar refractivity (Wildman–Crippen MR) is 81.8 cm³/mol. The van der Waals surface area contributed by atoms with Gasteiger partial charge >= 0.3 is 0 Å². The first-order valence-electron chi connectivity index (χ1n) is 5.87. The number of nitrogens with one attached hydrogen (secondary N) is 2. The lowest BCUT2D eigenvalue weighted by atomic mass is 9.89. The smallest absolute Gasteiger partial charge is 0.261 e. The highest BCUT2D eigenvalue weighted by molar-refractivity contribution is 9.11. The van der Waals surface area contributed by atoms with Crippen LogP contribution in [0.25, 0.3) is 0 Å². The summed E-state index contributed by atoms with van der Waals surface area (Å²) < 4.78 is 0.991. The van der Waals surface area contributed by atoms with E-state index < -0.39 is 0 Å². The Bertz CT molecular complexity index is 403. The molecule has 1 aromatic rings. The minimum atomic E-state index is 0. The zero-order valence-electron chi connectivity index (χ0n) is 10.4. The molecular weight excluding hydrogens is 336 g/mol. The summed E-state index contributed by atoms with van der Waals surface area (Å²) in [4.78, 5) is 12.8. The van der Waals surface area contributed by atoms with Gasteiger partial charge in [-0.2, -0.15) is 0 Å².